The number of amides is 1. The van der Waals surface area contributed by atoms with Crippen molar-refractivity contribution in [1.29, 1.82) is 0 Å². The fourth-order valence-electron chi connectivity index (χ4n) is 3.01. The summed E-state index contributed by atoms with van der Waals surface area (Å²) in [4.78, 5) is 13.1. The van der Waals surface area contributed by atoms with Gasteiger partial charge in [-0.3, -0.25) is 4.79 Å². The predicted octanol–water partition coefficient (Wildman–Crippen LogP) is 3.00. The largest absolute Gasteiger partial charge is 0.323 e. The van der Waals surface area contributed by atoms with Crippen LogP contribution in [-0.4, -0.2) is 22.3 Å². The Kier molecular flexibility index (Phi) is 2.50. The molecule has 2 aliphatic rings. The van der Waals surface area contributed by atoms with Crippen molar-refractivity contribution in [2.24, 2.45) is 5.92 Å². The van der Waals surface area contributed by atoms with Gasteiger partial charge in [-0.25, -0.2) is 0 Å². The number of likely N-dealkylation sites (tertiary alicyclic amines) is 1. The maximum absolute atomic E-state index is 11.2. The molecule has 1 saturated heterocycles. The SMILES string of the molecule is CC1CC2CCCCC2N1C(=O)Cl. The van der Waals surface area contributed by atoms with E-state index < -0.39 is 0 Å². The molecular formula is C10H16ClNO. The van der Waals surface area contributed by atoms with Crippen molar-refractivity contribution in [2.45, 2.75) is 51.1 Å². The van der Waals surface area contributed by atoms with Gasteiger partial charge in [-0.15, -0.1) is 0 Å². The summed E-state index contributed by atoms with van der Waals surface area (Å²) < 4.78 is 0. The molecule has 1 aliphatic heterocycles. The molecule has 13 heavy (non-hydrogen) atoms. The first-order valence-corrected chi connectivity index (χ1v) is 5.55. The lowest BCUT2D eigenvalue weighted by Crippen LogP contribution is -2.39. The number of fused-ring (bicyclic) bond motifs is 1. The van der Waals surface area contributed by atoms with Crippen molar-refractivity contribution in [2.75, 3.05) is 0 Å². The Bertz CT molecular complexity index is 219. The van der Waals surface area contributed by atoms with Gasteiger partial charge in [-0.05, 0) is 43.7 Å². The van der Waals surface area contributed by atoms with E-state index in [4.69, 9.17) is 11.6 Å². The summed E-state index contributed by atoms with van der Waals surface area (Å²) in [5, 5.41) is -0.248. The van der Waals surface area contributed by atoms with Gasteiger partial charge in [0.1, 0.15) is 0 Å². The Labute approximate surface area is 84.2 Å². The van der Waals surface area contributed by atoms with E-state index in [0.29, 0.717) is 12.1 Å². The topological polar surface area (TPSA) is 20.3 Å². The molecule has 1 amide bonds. The van der Waals surface area contributed by atoms with Gasteiger partial charge in [0.2, 0.25) is 0 Å². The molecule has 2 fully saturated rings. The molecule has 1 saturated carbocycles. The molecule has 0 aromatic carbocycles. The second kappa shape index (κ2) is 3.49. The highest BCUT2D eigenvalue weighted by Gasteiger charge is 2.41. The Morgan fingerprint density at radius 2 is 2.08 bits per heavy atom. The summed E-state index contributed by atoms with van der Waals surface area (Å²) in [6, 6.07) is 0.812. The molecular weight excluding hydrogens is 186 g/mol. The average molecular weight is 202 g/mol. The molecule has 3 atom stereocenters. The molecule has 2 nitrogen and oxygen atoms in total. The summed E-state index contributed by atoms with van der Waals surface area (Å²) >= 11 is 5.59. The Balaban J connectivity index is 2.13. The molecule has 0 bridgehead atoms. The van der Waals surface area contributed by atoms with Crippen LogP contribution in [0.1, 0.15) is 39.0 Å². The summed E-state index contributed by atoms with van der Waals surface area (Å²) in [6.45, 7) is 2.11. The first kappa shape index (κ1) is 9.32. The highest BCUT2D eigenvalue weighted by molar-refractivity contribution is 6.62. The van der Waals surface area contributed by atoms with E-state index in [2.05, 4.69) is 6.92 Å². The Morgan fingerprint density at radius 1 is 1.38 bits per heavy atom. The molecule has 1 aliphatic carbocycles. The van der Waals surface area contributed by atoms with Crippen molar-refractivity contribution in [1.82, 2.24) is 4.90 Å². The fraction of sp³-hybridized carbons (Fsp3) is 0.900. The van der Waals surface area contributed by atoms with Crippen LogP contribution in [0.5, 0.6) is 0 Å². The molecule has 0 aromatic rings. The lowest BCUT2D eigenvalue weighted by Gasteiger charge is -2.31. The van der Waals surface area contributed by atoms with Crippen molar-refractivity contribution in [3.8, 4) is 0 Å². The van der Waals surface area contributed by atoms with E-state index in [1.807, 2.05) is 4.90 Å². The van der Waals surface area contributed by atoms with Gasteiger partial charge in [-0.1, -0.05) is 12.8 Å². The Hall–Kier alpha value is -0.240. The predicted molar refractivity (Wildman–Crippen MR) is 52.9 cm³/mol. The number of carbonyl (C=O) groups excluding carboxylic acids is 1. The van der Waals surface area contributed by atoms with Crippen molar-refractivity contribution < 1.29 is 4.79 Å². The molecule has 0 spiro atoms. The summed E-state index contributed by atoms with van der Waals surface area (Å²) in [6.07, 6.45) is 6.19. The molecule has 0 radical (unpaired) electrons. The smallest absolute Gasteiger partial charge is 0.316 e. The number of hydrogen-bond acceptors (Lipinski definition) is 1. The molecule has 3 heteroatoms. The van der Waals surface area contributed by atoms with E-state index in [0.717, 1.165) is 18.8 Å². The van der Waals surface area contributed by atoms with Gasteiger partial charge in [0.25, 0.3) is 0 Å². The zero-order chi connectivity index (χ0) is 9.42. The first-order valence-electron chi connectivity index (χ1n) is 5.18. The Morgan fingerprint density at radius 3 is 2.77 bits per heavy atom. The van der Waals surface area contributed by atoms with E-state index in [9.17, 15) is 4.79 Å². The molecule has 0 N–H and O–H groups in total. The summed E-state index contributed by atoms with van der Waals surface area (Å²) in [7, 11) is 0. The quantitative estimate of drug-likeness (QED) is 0.436. The van der Waals surface area contributed by atoms with E-state index in [-0.39, 0.29) is 5.37 Å². The van der Waals surface area contributed by atoms with Crippen LogP contribution in [0.4, 0.5) is 4.79 Å². The molecule has 2 rings (SSSR count). The standard InChI is InChI=1S/C10H16ClNO/c1-7-6-8-4-2-3-5-9(8)12(7)10(11)13/h7-9H,2-6H2,1H3. The monoisotopic (exact) mass is 201 g/mol. The van der Waals surface area contributed by atoms with Crippen LogP contribution < -0.4 is 0 Å². The highest BCUT2D eigenvalue weighted by Crippen LogP contribution is 2.39. The number of nitrogens with zero attached hydrogens (tertiary/aromatic N) is 1. The zero-order valence-electron chi connectivity index (χ0n) is 8.00. The lowest BCUT2D eigenvalue weighted by atomic mass is 9.85. The van der Waals surface area contributed by atoms with E-state index >= 15 is 0 Å². The van der Waals surface area contributed by atoms with Gasteiger partial charge >= 0.3 is 5.37 Å². The third-order valence-electron chi connectivity index (χ3n) is 3.55. The number of rotatable bonds is 0. The molecule has 3 unspecified atom stereocenters. The van der Waals surface area contributed by atoms with Crippen LogP contribution in [0.2, 0.25) is 0 Å². The maximum Gasteiger partial charge on any atom is 0.316 e. The lowest BCUT2D eigenvalue weighted by molar-refractivity contribution is 0.176. The van der Waals surface area contributed by atoms with Crippen molar-refractivity contribution in [3.63, 3.8) is 0 Å². The number of carbonyl (C=O) groups is 1. The fourth-order valence-corrected chi connectivity index (χ4v) is 3.30. The molecule has 74 valence electrons. The van der Waals surface area contributed by atoms with Crippen LogP contribution in [0.25, 0.3) is 0 Å². The minimum atomic E-state index is -0.248. The van der Waals surface area contributed by atoms with E-state index in [1.165, 1.54) is 19.3 Å². The first-order chi connectivity index (χ1) is 6.20. The maximum atomic E-state index is 11.2. The van der Waals surface area contributed by atoms with Crippen LogP contribution in [0.3, 0.4) is 0 Å². The highest BCUT2D eigenvalue weighted by atomic mass is 35.5. The minimum absolute atomic E-state index is 0.248. The van der Waals surface area contributed by atoms with Crippen molar-refractivity contribution in [3.05, 3.63) is 0 Å². The van der Waals surface area contributed by atoms with Gasteiger partial charge in [-0.2, -0.15) is 0 Å². The summed E-state index contributed by atoms with van der Waals surface area (Å²) in [5.74, 6) is 0.728. The number of halogens is 1. The summed E-state index contributed by atoms with van der Waals surface area (Å²) in [5.41, 5.74) is 0. The average Bonchev–Trinajstić information content (AvgIpc) is 2.39. The second-order valence-corrected chi connectivity index (χ2v) is 4.68. The van der Waals surface area contributed by atoms with Gasteiger partial charge < -0.3 is 4.90 Å². The zero-order valence-corrected chi connectivity index (χ0v) is 8.76. The second-order valence-electron chi connectivity index (χ2n) is 4.36. The third-order valence-corrected chi connectivity index (χ3v) is 3.74. The van der Waals surface area contributed by atoms with Crippen LogP contribution >= 0.6 is 11.6 Å². The van der Waals surface area contributed by atoms with E-state index in [1.54, 1.807) is 0 Å². The third kappa shape index (κ3) is 1.56. The van der Waals surface area contributed by atoms with Crippen LogP contribution in [-0.2, 0) is 0 Å². The molecule has 0 aromatic heterocycles. The van der Waals surface area contributed by atoms with Crippen molar-refractivity contribution >= 4 is 17.0 Å². The normalized spacial score (nSPS) is 38.9. The van der Waals surface area contributed by atoms with Gasteiger partial charge in [0.15, 0.2) is 0 Å². The van der Waals surface area contributed by atoms with Gasteiger partial charge in [0, 0.05) is 12.1 Å². The number of hydrogen-bond donors (Lipinski definition) is 0. The molecule has 1 heterocycles. The van der Waals surface area contributed by atoms with Gasteiger partial charge in [0.05, 0.1) is 0 Å². The van der Waals surface area contributed by atoms with Crippen LogP contribution in [0.15, 0.2) is 0 Å². The minimum Gasteiger partial charge on any atom is -0.323 e. The van der Waals surface area contributed by atoms with Crippen LogP contribution in [0, 0.1) is 5.92 Å².